The SMILES string of the molecule is Cc1ccc(Nc2nc(Cl)nc3c2CNC3)cc1. The Morgan fingerprint density at radius 2 is 1.94 bits per heavy atom. The van der Waals surface area contributed by atoms with Crippen LogP contribution >= 0.6 is 11.6 Å². The molecule has 1 aliphatic rings. The molecule has 0 bridgehead atoms. The molecule has 2 aromatic rings. The van der Waals surface area contributed by atoms with Gasteiger partial charge in [-0.3, -0.25) is 0 Å². The number of rotatable bonds is 2. The molecule has 1 aromatic carbocycles. The molecule has 2 heterocycles. The molecule has 0 saturated heterocycles. The van der Waals surface area contributed by atoms with E-state index < -0.39 is 0 Å². The molecule has 0 radical (unpaired) electrons. The number of benzene rings is 1. The Labute approximate surface area is 110 Å². The first-order valence-electron chi connectivity index (χ1n) is 5.82. The number of aryl methyl sites for hydroxylation is 1. The van der Waals surface area contributed by atoms with Crippen LogP contribution in [0.25, 0.3) is 0 Å². The molecule has 1 aliphatic heterocycles. The summed E-state index contributed by atoms with van der Waals surface area (Å²) in [5.74, 6) is 0.791. The molecule has 0 aliphatic carbocycles. The van der Waals surface area contributed by atoms with Crippen LogP contribution in [0.4, 0.5) is 11.5 Å². The number of halogens is 1. The van der Waals surface area contributed by atoms with Crippen LogP contribution in [-0.2, 0) is 13.1 Å². The molecule has 0 spiro atoms. The summed E-state index contributed by atoms with van der Waals surface area (Å²) in [5.41, 5.74) is 4.31. The van der Waals surface area contributed by atoms with E-state index in [1.165, 1.54) is 5.56 Å². The van der Waals surface area contributed by atoms with E-state index in [1.807, 2.05) is 12.1 Å². The third-order valence-electron chi connectivity index (χ3n) is 2.97. The highest BCUT2D eigenvalue weighted by atomic mass is 35.5. The first kappa shape index (κ1) is 11.4. The molecular formula is C13H13ClN4. The number of nitrogens with one attached hydrogen (secondary N) is 2. The Balaban J connectivity index is 1.95. The normalized spacial score (nSPS) is 13.4. The van der Waals surface area contributed by atoms with Crippen molar-refractivity contribution >= 4 is 23.1 Å². The first-order chi connectivity index (χ1) is 8.72. The fourth-order valence-corrected chi connectivity index (χ4v) is 2.20. The van der Waals surface area contributed by atoms with Gasteiger partial charge in [-0.15, -0.1) is 0 Å². The Hall–Kier alpha value is -1.65. The minimum absolute atomic E-state index is 0.284. The zero-order valence-corrected chi connectivity index (χ0v) is 10.8. The molecule has 3 rings (SSSR count). The molecule has 5 heteroatoms. The monoisotopic (exact) mass is 260 g/mol. The highest BCUT2D eigenvalue weighted by Crippen LogP contribution is 2.25. The van der Waals surface area contributed by atoms with Crippen molar-refractivity contribution in [2.45, 2.75) is 20.0 Å². The van der Waals surface area contributed by atoms with Crippen molar-refractivity contribution in [3.63, 3.8) is 0 Å². The van der Waals surface area contributed by atoms with Gasteiger partial charge in [0, 0.05) is 24.3 Å². The molecule has 0 fully saturated rings. The van der Waals surface area contributed by atoms with E-state index in [4.69, 9.17) is 11.6 Å². The fraction of sp³-hybridized carbons (Fsp3) is 0.231. The van der Waals surface area contributed by atoms with Gasteiger partial charge in [0.05, 0.1) is 5.69 Å². The van der Waals surface area contributed by atoms with Crippen molar-refractivity contribution in [1.82, 2.24) is 15.3 Å². The Morgan fingerprint density at radius 1 is 1.17 bits per heavy atom. The van der Waals surface area contributed by atoms with E-state index in [2.05, 4.69) is 39.7 Å². The van der Waals surface area contributed by atoms with Gasteiger partial charge in [-0.05, 0) is 30.7 Å². The molecule has 92 valence electrons. The van der Waals surface area contributed by atoms with Gasteiger partial charge in [-0.2, -0.15) is 0 Å². The van der Waals surface area contributed by atoms with Gasteiger partial charge in [0.15, 0.2) is 0 Å². The molecule has 4 nitrogen and oxygen atoms in total. The highest BCUT2D eigenvalue weighted by Gasteiger charge is 2.18. The minimum Gasteiger partial charge on any atom is -0.340 e. The largest absolute Gasteiger partial charge is 0.340 e. The lowest BCUT2D eigenvalue weighted by Gasteiger charge is -2.10. The number of anilines is 2. The first-order valence-corrected chi connectivity index (χ1v) is 6.20. The highest BCUT2D eigenvalue weighted by molar-refractivity contribution is 6.28. The van der Waals surface area contributed by atoms with Gasteiger partial charge >= 0.3 is 0 Å². The molecule has 0 amide bonds. The summed E-state index contributed by atoms with van der Waals surface area (Å²) in [6, 6.07) is 8.17. The van der Waals surface area contributed by atoms with Crippen LogP contribution < -0.4 is 10.6 Å². The standard InChI is InChI=1S/C13H13ClN4/c1-8-2-4-9(5-3-8)16-12-10-6-15-7-11(10)17-13(14)18-12/h2-5,15H,6-7H2,1H3,(H,16,17,18). The Bertz CT molecular complexity index is 580. The van der Waals surface area contributed by atoms with Crippen LogP contribution in [0.3, 0.4) is 0 Å². The molecule has 1 aromatic heterocycles. The van der Waals surface area contributed by atoms with Crippen molar-refractivity contribution in [3.8, 4) is 0 Å². The van der Waals surface area contributed by atoms with Gasteiger partial charge in [0.2, 0.25) is 5.28 Å². The molecule has 0 atom stereocenters. The van der Waals surface area contributed by atoms with Gasteiger partial charge in [-0.25, -0.2) is 9.97 Å². The van der Waals surface area contributed by atoms with Crippen molar-refractivity contribution < 1.29 is 0 Å². The van der Waals surface area contributed by atoms with Crippen LogP contribution in [0.2, 0.25) is 5.28 Å². The van der Waals surface area contributed by atoms with Crippen LogP contribution in [0.15, 0.2) is 24.3 Å². The van der Waals surface area contributed by atoms with Crippen molar-refractivity contribution in [2.24, 2.45) is 0 Å². The summed E-state index contributed by atoms with van der Waals surface area (Å²) < 4.78 is 0. The van der Waals surface area contributed by atoms with Crippen LogP contribution in [0.1, 0.15) is 16.8 Å². The van der Waals surface area contributed by atoms with E-state index in [0.717, 1.165) is 35.9 Å². The van der Waals surface area contributed by atoms with Crippen molar-refractivity contribution in [2.75, 3.05) is 5.32 Å². The molecule has 2 N–H and O–H groups in total. The van der Waals surface area contributed by atoms with Gasteiger partial charge in [0.1, 0.15) is 5.82 Å². The number of hydrogen-bond acceptors (Lipinski definition) is 4. The van der Waals surface area contributed by atoms with Crippen molar-refractivity contribution in [1.29, 1.82) is 0 Å². The maximum Gasteiger partial charge on any atom is 0.224 e. The summed E-state index contributed by atoms with van der Waals surface area (Å²) in [5, 5.41) is 6.83. The number of aromatic nitrogens is 2. The van der Waals surface area contributed by atoms with E-state index in [9.17, 15) is 0 Å². The van der Waals surface area contributed by atoms with E-state index in [-0.39, 0.29) is 5.28 Å². The van der Waals surface area contributed by atoms with E-state index >= 15 is 0 Å². The summed E-state index contributed by atoms with van der Waals surface area (Å²) in [6.07, 6.45) is 0. The van der Waals surface area contributed by atoms with Gasteiger partial charge < -0.3 is 10.6 Å². The summed E-state index contributed by atoms with van der Waals surface area (Å²) in [4.78, 5) is 8.49. The van der Waals surface area contributed by atoms with E-state index in [0.29, 0.717) is 0 Å². The second-order valence-electron chi connectivity index (χ2n) is 4.36. The second kappa shape index (κ2) is 4.55. The quantitative estimate of drug-likeness (QED) is 0.816. The zero-order valence-electron chi connectivity index (χ0n) is 10.00. The summed E-state index contributed by atoms with van der Waals surface area (Å²) >= 11 is 5.93. The molecular weight excluding hydrogens is 248 g/mol. The summed E-state index contributed by atoms with van der Waals surface area (Å²) in [7, 11) is 0. The van der Waals surface area contributed by atoms with Crippen LogP contribution in [0.5, 0.6) is 0 Å². The molecule has 0 saturated carbocycles. The predicted molar refractivity (Wildman–Crippen MR) is 72.0 cm³/mol. The molecule has 0 unspecified atom stereocenters. The number of nitrogens with zero attached hydrogens (tertiary/aromatic N) is 2. The van der Waals surface area contributed by atoms with E-state index in [1.54, 1.807) is 0 Å². The Kier molecular flexibility index (Phi) is 2.89. The predicted octanol–water partition coefficient (Wildman–Crippen LogP) is 2.79. The fourth-order valence-electron chi connectivity index (χ4n) is 2.02. The topological polar surface area (TPSA) is 49.8 Å². The average Bonchev–Trinajstić information content (AvgIpc) is 2.80. The smallest absolute Gasteiger partial charge is 0.224 e. The average molecular weight is 261 g/mol. The lowest BCUT2D eigenvalue weighted by Crippen LogP contribution is -2.02. The molecule has 18 heavy (non-hydrogen) atoms. The maximum atomic E-state index is 5.93. The summed E-state index contributed by atoms with van der Waals surface area (Å²) in [6.45, 7) is 3.59. The minimum atomic E-state index is 0.284. The lowest BCUT2D eigenvalue weighted by molar-refractivity contribution is 0.758. The third kappa shape index (κ3) is 2.17. The maximum absolute atomic E-state index is 5.93. The third-order valence-corrected chi connectivity index (χ3v) is 3.14. The number of hydrogen-bond donors (Lipinski definition) is 2. The van der Waals surface area contributed by atoms with Crippen LogP contribution in [0, 0.1) is 6.92 Å². The van der Waals surface area contributed by atoms with Gasteiger partial charge in [0.25, 0.3) is 0 Å². The van der Waals surface area contributed by atoms with Crippen molar-refractivity contribution in [3.05, 3.63) is 46.4 Å². The number of fused-ring (bicyclic) bond motifs is 1. The second-order valence-corrected chi connectivity index (χ2v) is 4.70. The van der Waals surface area contributed by atoms with Gasteiger partial charge in [-0.1, -0.05) is 17.7 Å². The zero-order chi connectivity index (χ0) is 12.5. The lowest BCUT2D eigenvalue weighted by atomic mass is 10.2. The Morgan fingerprint density at radius 3 is 2.72 bits per heavy atom. The van der Waals surface area contributed by atoms with Crippen LogP contribution in [-0.4, -0.2) is 9.97 Å².